The summed E-state index contributed by atoms with van der Waals surface area (Å²) >= 11 is 1.55. The Hall–Kier alpha value is -1.83. The van der Waals surface area contributed by atoms with Crippen LogP contribution in [0, 0.1) is 5.82 Å². The SMILES string of the molecule is O=C(Cc1csc(CN2CCOCC2)n1)Nc1ccccc1F. The highest BCUT2D eigenvalue weighted by molar-refractivity contribution is 7.09. The maximum atomic E-state index is 13.5. The van der Waals surface area contributed by atoms with Crippen molar-refractivity contribution in [2.75, 3.05) is 31.6 Å². The molecule has 1 aliphatic rings. The highest BCUT2D eigenvalue weighted by Crippen LogP contribution is 2.16. The normalized spacial score (nSPS) is 15.5. The molecule has 1 fully saturated rings. The van der Waals surface area contributed by atoms with Crippen LogP contribution in [-0.4, -0.2) is 42.1 Å². The molecule has 23 heavy (non-hydrogen) atoms. The summed E-state index contributed by atoms with van der Waals surface area (Å²) in [5.74, 6) is -0.703. The van der Waals surface area contributed by atoms with Crippen molar-refractivity contribution >= 4 is 22.9 Å². The largest absolute Gasteiger partial charge is 0.379 e. The van der Waals surface area contributed by atoms with E-state index in [1.54, 1.807) is 23.5 Å². The van der Waals surface area contributed by atoms with Crippen LogP contribution in [0.25, 0.3) is 0 Å². The first-order valence-corrected chi connectivity index (χ1v) is 8.36. The van der Waals surface area contributed by atoms with Gasteiger partial charge >= 0.3 is 0 Å². The second-order valence-electron chi connectivity index (χ2n) is 5.33. The number of benzene rings is 1. The maximum Gasteiger partial charge on any atom is 0.230 e. The number of hydrogen-bond donors (Lipinski definition) is 1. The molecule has 1 amide bonds. The number of rotatable bonds is 5. The van der Waals surface area contributed by atoms with E-state index in [-0.39, 0.29) is 18.0 Å². The van der Waals surface area contributed by atoms with E-state index in [0.717, 1.165) is 37.9 Å². The third-order valence-corrected chi connectivity index (χ3v) is 4.43. The second kappa shape index (κ2) is 7.63. The Morgan fingerprint density at radius 3 is 2.91 bits per heavy atom. The third kappa shape index (κ3) is 4.57. The van der Waals surface area contributed by atoms with Crippen molar-refractivity contribution in [3.63, 3.8) is 0 Å². The number of nitrogens with one attached hydrogen (secondary N) is 1. The number of nitrogens with zero attached hydrogens (tertiary/aromatic N) is 2. The smallest absolute Gasteiger partial charge is 0.230 e. The fourth-order valence-electron chi connectivity index (χ4n) is 2.37. The zero-order valence-corrected chi connectivity index (χ0v) is 13.4. The van der Waals surface area contributed by atoms with Crippen LogP contribution in [0.1, 0.15) is 10.7 Å². The molecule has 1 aromatic carbocycles. The molecule has 1 aromatic heterocycles. The summed E-state index contributed by atoms with van der Waals surface area (Å²) in [6.45, 7) is 4.10. The Balaban J connectivity index is 1.54. The quantitative estimate of drug-likeness (QED) is 0.911. The topological polar surface area (TPSA) is 54.5 Å². The van der Waals surface area contributed by atoms with Crippen molar-refractivity contribution in [2.45, 2.75) is 13.0 Å². The number of aromatic nitrogens is 1. The van der Waals surface area contributed by atoms with E-state index in [9.17, 15) is 9.18 Å². The van der Waals surface area contributed by atoms with E-state index < -0.39 is 5.82 Å². The number of carbonyl (C=O) groups is 1. The van der Waals surface area contributed by atoms with E-state index in [1.807, 2.05) is 5.38 Å². The summed E-state index contributed by atoms with van der Waals surface area (Å²) in [6.07, 6.45) is 0.147. The van der Waals surface area contributed by atoms with Gasteiger partial charge in [0.15, 0.2) is 0 Å². The minimum absolute atomic E-state index is 0.147. The number of ether oxygens (including phenoxy) is 1. The van der Waals surface area contributed by atoms with Crippen LogP contribution in [0.15, 0.2) is 29.6 Å². The predicted molar refractivity (Wildman–Crippen MR) is 86.9 cm³/mol. The number of hydrogen-bond acceptors (Lipinski definition) is 5. The average Bonchev–Trinajstić information content (AvgIpc) is 2.97. The lowest BCUT2D eigenvalue weighted by Gasteiger charge is -2.25. The summed E-state index contributed by atoms with van der Waals surface area (Å²) in [4.78, 5) is 18.8. The monoisotopic (exact) mass is 335 g/mol. The molecule has 0 spiro atoms. The molecule has 122 valence electrons. The highest BCUT2D eigenvalue weighted by Gasteiger charge is 2.14. The van der Waals surface area contributed by atoms with Crippen molar-refractivity contribution < 1.29 is 13.9 Å². The number of thiazole rings is 1. The van der Waals surface area contributed by atoms with Gasteiger partial charge in [-0.15, -0.1) is 11.3 Å². The zero-order valence-electron chi connectivity index (χ0n) is 12.6. The van der Waals surface area contributed by atoms with Crippen LogP contribution in [0.3, 0.4) is 0 Å². The summed E-state index contributed by atoms with van der Waals surface area (Å²) < 4.78 is 18.8. The van der Waals surface area contributed by atoms with Crippen LogP contribution in [0.4, 0.5) is 10.1 Å². The molecule has 0 saturated carbocycles. The Morgan fingerprint density at radius 2 is 2.13 bits per heavy atom. The molecule has 1 aliphatic heterocycles. The van der Waals surface area contributed by atoms with Gasteiger partial charge in [-0.2, -0.15) is 0 Å². The molecule has 5 nitrogen and oxygen atoms in total. The van der Waals surface area contributed by atoms with Gasteiger partial charge in [-0.25, -0.2) is 9.37 Å². The van der Waals surface area contributed by atoms with Crippen LogP contribution in [-0.2, 0) is 22.5 Å². The van der Waals surface area contributed by atoms with Crippen molar-refractivity contribution in [1.82, 2.24) is 9.88 Å². The number of para-hydroxylation sites is 1. The maximum absolute atomic E-state index is 13.5. The third-order valence-electron chi connectivity index (χ3n) is 3.55. The first-order chi connectivity index (χ1) is 11.2. The molecule has 2 heterocycles. The van der Waals surface area contributed by atoms with Crippen molar-refractivity contribution in [1.29, 1.82) is 0 Å². The fraction of sp³-hybridized carbons (Fsp3) is 0.375. The van der Waals surface area contributed by atoms with Gasteiger partial charge in [0, 0.05) is 18.5 Å². The number of amides is 1. The Morgan fingerprint density at radius 1 is 1.35 bits per heavy atom. The van der Waals surface area contributed by atoms with E-state index in [1.165, 1.54) is 12.1 Å². The van der Waals surface area contributed by atoms with Gasteiger partial charge in [0.2, 0.25) is 5.91 Å². The molecule has 0 bridgehead atoms. The molecule has 3 rings (SSSR count). The van der Waals surface area contributed by atoms with Gasteiger partial charge in [0.25, 0.3) is 0 Å². The Kier molecular flexibility index (Phi) is 5.32. The van der Waals surface area contributed by atoms with Crippen molar-refractivity contribution in [3.8, 4) is 0 Å². The van der Waals surface area contributed by atoms with Crippen molar-refractivity contribution in [2.24, 2.45) is 0 Å². The zero-order chi connectivity index (χ0) is 16.1. The highest BCUT2D eigenvalue weighted by atomic mass is 32.1. The number of morpholine rings is 1. The first kappa shape index (κ1) is 16.0. The van der Waals surface area contributed by atoms with Crippen LogP contribution in [0.5, 0.6) is 0 Å². The van der Waals surface area contributed by atoms with Gasteiger partial charge in [0.1, 0.15) is 10.8 Å². The lowest BCUT2D eigenvalue weighted by Crippen LogP contribution is -2.35. The first-order valence-electron chi connectivity index (χ1n) is 7.48. The van der Waals surface area contributed by atoms with E-state index in [0.29, 0.717) is 5.69 Å². The molecule has 0 atom stereocenters. The minimum atomic E-state index is -0.438. The van der Waals surface area contributed by atoms with Gasteiger partial charge < -0.3 is 10.1 Å². The molecule has 0 radical (unpaired) electrons. The number of carbonyl (C=O) groups excluding carboxylic acids is 1. The lowest BCUT2D eigenvalue weighted by molar-refractivity contribution is -0.115. The molecule has 1 saturated heterocycles. The summed E-state index contributed by atoms with van der Waals surface area (Å²) in [5, 5.41) is 5.45. The summed E-state index contributed by atoms with van der Waals surface area (Å²) in [6, 6.07) is 6.13. The van der Waals surface area contributed by atoms with Gasteiger partial charge in [-0.1, -0.05) is 12.1 Å². The minimum Gasteiger partial charge on any atom is -0.379 e. The van der Waals surface area contributed by atoms with Crippen molar-refractivity contribution in [3.05, 3.63) is 46.2 Å². The molecule has 1 N–H and O–H groups in total. The Labute approximate surface area is 138 Å². The molecule has 7 heteroatoms. The van der Waals surface area contributed by atoms with Gasteiger partial charge in [-0.05, 0) is 12.1 Å². The van der Waals surface area contributed by atoms with Gasteiger partial charge in [-0.3, -0.25) is 9.69 Å². The summed E-state index contributed by atoms with van der Waals surface area (Å²) in [7, 11) is 0. The van der Waals surface area contributed by atoms with Crippen LogP contribution < -0.4 is 5.32 Å². The average molecular weight is 335 g/mol. The Bertz CT molecular complexity index is 671. The molecular formula is C16H18FN3O2S. The lowest BCUT2D eigenvalue weighted by atomic mass is 10.2. The molecular weight excluding hydrogens is 317 g/mol. The fourth-order valence-corrected chi connectivity index (χ4v) is 3.21. The van der Waals surface area contributed by atoms with Gasteiger partial charge in [0.05, 0.1) is 37.6 Å². The van der Waals surface area contributed by atoms with Crippen LogP contribution in [0.2, 0.25) is 0 Å². The standard InChI is InChI=1S/C16H18FN3O2S/c17-13-3-1-2-4-14(13)19-15(21)9-12-11-23-16(18-12)10-20-5-7-22-8-6-20/h1-4,11H,5-10H2,(H,19,21). The van der Waals surface area contributed by atoms with E-state index >= 15 is 0 Å². The number of halogens is 1. The predicted octanol–water partition coefficient (Wildman–Crippen LogP) is 2.30. The van der Waals surface area contributed by atoms with E-state index in [4.69, 9.17) is 4.74 Å². The molecule has 0 unspecified atom stereocenters. The van der Waals surface area contributed by atoms with Crippen LogP contribution >= 0.6 is 11.3 Å². The van der Waals surface area contributed by atoms with E-state index in [2.05, 4.69) is 15.2 Å². The number of anilines is 1. The molecule has 0 aliphatic carbocycles. The summed E-state index contributed by atoms with van der Waals surface area (Å²) in [5.41, 5.74) is 0.911. The molecule has 2 aromatic rings. The second-order valence-corrected chi connectivity index (χ2v) is 6.27.